The molecule has 0 spiro atoms. The van der Waals surface area contributed by atoms with E-state index < -0.39 is 17.4 Å². The minimum atomic E-state index is -4.54. The number of nitrogens with zero attached hydrogens (tertiary/aromatic N) is 1. The van der Waals surface area contributed by atoms with Gasteiger partial charge in [-0.15, -0.1) is 0 Å². The van der Waals surface area contributed by atoms with Crippen molar-refractivity contribution >= 4 is 22.9 Å². The van der Waals surface area contributed by atoms with Crippen LogP contribution >= 0.6 is 12.2 Å². The maximum atomic E-state index is 12.5. The van der Waals surface area contributed by atoms with E-state index in [0.29, 0.717) is 5.56 Å². The van der Waals surface area contributed by atoms with Gasteiger partial charge in [0, 0.05) is 6.42 Å². The molecule has 1 aromatic rings. The normalized spacial score (nSPS) is 10.9. The number of nitrogens with two attached hydrogens (primary N) is 1. The fraction of sp³-hybridized carbons (Fsp3) is 0.200. The van der Waals surface area contributed by atoms with E-state index in [9.17, 15) is 13.2 Å². The largest absolute Gasteiger partial charge is 0.407 e. The van der Waals surface area contributed by atoms with Gasteiger partial charge in [-0.1, -0.05) is 30.4 Å². The van der Waals surface area contributed by atoms with Gasteiger partial charge >= 0.3 is 6.18 Å². The molecule has 0 aliphatic heterocycles. The van der Waals surface area contributed by atoms with Crippen molar-refractivity contribution in [1.29, 1.82) is 0 Å². The third kappa shape index (κ3) is 2.94. The summed E-state index contributed by atoms with van der Waals surface area (Å²) in [4.78, 5) is 2.94. The summed E-state index contributed by atoms with van der Waals surface area (Å²) in [6.07, 6.45) is -4.44. The SMILES string of the molecule is [C-]#[N+]c1ccc(CC(N)=S)cc1C(F)(F)F. The van der Waals surface area contributed by atoms with Crippen LogP contribution < -0.4 is 5.73 Å². The molecule has 0 bridgehead atoms. The van der Waals surface area contributed by atoms with Crippen LogP contribution in [-0.2, 0) is 12.6 Å². The standard InChI is InChI=1S/C10H7F3N2S/c1-15-8-3-2-6(5-9(14)16)4-7(8)10(11,12)13/h2-4H,5H2,(H2,14,16). The zero-order valence-electron chi connectivity index (χ0n) is 8.01. The van der Waals surface area contributed by atoms with Crippen molar-refractivity contribution in [2.24, 2.45) is 5.73 Å². The average Bonchev–Trinajstić information content (AvgIpc) is 2.15. The minimum Gasteiger partial charge on any atom is -0.393 e. The lowest BCUT2D eigenvalue weighted by molar-refractivity contribution is -0.136. The molecule has 16 heavy (non-hydrogen) atoms. The fourth-order valence-electron chi connectivity index (χ4n) is 1.22. The molecule has 0 saturated heterocycles. The van der Waals surface area contributed by atoms with Gasteiger partial charge in [-0.2, -0.15) is 13.2 Å². The summed E-state index contributed by atoms with van der Waals surface area (Å²) in [5.74, 6) is 0. The van der Waals surface area contributed by atoms with Crippen molar-refractivity contribution in [3.05, 3.63) is 40.7 Å². The molecule has 2 N–H and O–H groups in total. The smallest absolute Gasteiger partial charge is 0.393 e. The molecular weight excluding hydrogens is 237 g/mol. The Bertz CT molecular complexity index is 460. The van der Waals surface area contributed by atoms with Gasteiger partial charge < -0.3 is 5.73 Å². The van der Waals surface area contributed by atoms with Gasteiger partial charge in [0.1, 0.15) is 0 Å². The molecule has 0 saturated carbocycles. The summed E-state index contributed by atoms with van der Waals surface area (Å²) in [5, 5.41) is 0. The number of alkyl halides is 3. The fourth-order valence-corrected chi connectivity index (χ4v) is 1.39. The summed E-state index contributed by atoms with van der Waals surface area (Å²) in [5.41, 5.74) is 4.23. The zero-order chi connectivity index (χ0) is 12.3. The summed E-state index contributed by atoms with van der Waals surface area (Å²) in [7, 11) is 0. The van der Waals surface area contributed by atoms with Gasteiger partial charge in [0.05, 0.1) is 17.1 Å². The molecule has 0 atom stereocenters. The molecule has 0 fully saturated rings. The second-order valence-corrected chi connectivity index (χ2v) is 3.63. The Morgan fingerprint density at radius 1 is 1.44 bits per heavy atom. The van der Waals surface area contributed by atoms with Crippen molar-refractivity contribution in [3.8, 4) is 0 Å². The molecule has 2 nitrogen and oxygen atoms in total. The highest BCUT2D eigenvalue weighted by molar-refractivity contribution is 7.80. The molecule has 0 aliphatic carbocycles. The van der Waals surface area contributed by atoms with Gasteiger partial charge in [-0.05, 0) is 5.56 Å². The molecule has 0 unspecified atom stereocenters. The number of hydrogen-bond donors (Lipinski definition) is 1. The summed E-state index contributed by atoms with van der Waals surface area (Å²) >= 11 is 4.61. The van der Waals surface area contributed by atoms with Gasteiger partial charge in [0.25, 0.3) is 0 Å². The second kappa shape index (κ2) is 4.49. The highest BCUT2D eigenvalue weighted by Crippen LogP contribution is 2.36. The van der Waals surface area contributed by atoms with Crippen LogP contribution in [0, 0.1) is 6.57 Å². The molecular formula is C10H7F3N2S. The van der Waals surface area contributed by atoms with E-state index in [-0.39, 0.29) is 11.4 Å². The molecule has 0 radical (unpaired) electrons. The first kappa shape index (κ1) is 12.5. The molecule has 0 heterocycles. The number of thiocarbonyl (C=S) groups is 1. The van der Waals surface area contributed by atoms with Gasteiger partial charge in [0.2, 0.25) is 0 Å². The van der Waals surface area contributed by atoms with Crippen molar-refractivity contribution in [1.82, 2.24) is 0 Å². The third-order valence-electron chi connectivity index (χ3n) is 1.87. The number of benzene rings is 1. The lowest BCUT2D eigenvalue weighted by Gasteiger charge is -2.10. The van der Waals surface area contributed by atoms with E-state index in [1.807, 2.05) is 0 Å². The lowest BCUT2D eigenvalue weighted by atomic mass is 10.1. The quantitative estimate of drug-likeness (QED) is 0.640. The zero-order valence-corrected chi connectivity index (χ0v) is 8.82. The van der Waals surface area contributed by atoms with Crippen molar-refractivity contribution in [2.75, 3.05) is 0 Å². The van der Waals surface area contributed by atoms with E-state index in [1.54, 1.807) is 0 Å². The molecule has 0 aromatic heterocycles. The van der Waals surface area contributed by atoms with Crippen molar-refractivity contribution in [3.63, 3.8) is 0 Å². The van der Waals surface area contributed by atoms with Gasteiger partial charge in [-0.25, -0.2) is 4.85 Å². The van der Waals surface area contributed by atoms with Gasteiger partial charge in [-0.3, -0.25) is 0 Å². The van der Waals surface area contributed by atoms with Crippen LogP contribution in [0.5, 0.6) is 0 Å². The van der Waals surface area contributed by atoms with Crippen LogP contribution in [0.1, 0.15) is 11.1 Å². The average molecular weight is 244 g/mol. The first-order chi connectivity index (χ1) is 7.34. The minimum absolute atomic E-state index is 0.0939. The summed E-state index contributed by atoms with van der Waals surface area (Å²) in [6, 6.07) is 3.46. The third-order valence-corrected chi connectivity index (χ3v) is 2.01. The van der Waals surface area contributed by atoms with Crippen LogP contribution in [-0.4, -0.2) is 4.99 Å². The van der Waals surface area contributed by atoms with Crippen LogP contribution in [0.25, 0.3) is 4.85 Å². The van der Waals surface area contributed by atoms with Crippen molar-refractivity contribution in [2.45, 2.75) is 12.6 Å². The Kier molecular flexibility index (Phi) is 3.50. The summed E-state index contributed by atoms with van der Waals surface area (Å²) < 4.78 is 37.6. The first-order valence-electron chi connectivity index (χ1n) is 4.20. The maximum Gasteiger partial charge on any atom is 0.407 e. The highest BCUT2D eigenvalue weighted by Gasteiger charge is 2.33. The van der Waals surface area contributed by atoms with Crippen LogP contribution in [0.4, 0.5) is 18.9 Å². The van der Waals surface area contributed by atoms with Gasteiger partial charge in [0.15, 0.2) is 5.69 Å². The lowest BCUT2D eigenvalue weighted by Crippen LogP contribution is -2.12. The molecule has 0 aliphatic rings. The van der Waals surface area contributed by atoms with Crippen LogP contribution in [0.15, 0.2) is 18.2 Å². The number of rotatable bonds is 2. The maximum absolute atomic E-state index is 12.5. The van der Waals surface area contributed by atoms with E-state index in [2.05, 4.69) is 17.1 Å². The predicted molar refractivity (Wildman–Crippen MR) is 58.2 cm³/mol. The molecule has 0 amide bonds. The molecule has 1 rings (SSSR count). The Balaban J connectivity index is 3.23. The molecule has 1 aromatic carbocycles. The summed E-state index contributed by atoms with van der Waals surface area (Å²) in [6.45, 7) is 6.65. The van der Waals surface area contributed by atoms with E-state index in [0.717, 1.165) is 12.1 Å². The number of halogens is 3. The number of hydrogen-bond acceptors (Lipinski definition) is 1. The first-order valence-corrected chi connectivity index (χ1v) is 4.61. The van der Waals surface area contributed by atoms with Crippen LogP contribution in [0.3, 0.4) is 0 Å². The predicted octanol–water partition coefficient (Wildman–Crippen LogP) is 3.08. The Morgan fingerprint density at radius 2 is 2.06 bits per heavy atom. The second-order valence-electron chi connectivity index (χ2n) is 3.10. The van der Waals surface area contributed by atoms with Crippen LogP contribution in [0.2, 0.25) is 0 Å². The highest BCUT2D eigenvalue weighted by atomic mass is 32.1. The molecule has 84 valence electrons. The van der Waals surface area contributed by atoms with E-state index in [4.69, 9.17) is 12.3 Å². The monoisotopic (exact) mass is 244 g/mol. The van der Waals surface area contributed by atoms with Crippen molar-refractivity contribution < 1.29 is 13.2 Å². The Labute approximate surface area is 95.7 Å². The Hall–Kier alpha value is -1.61. The van der Waals surface area contributed by atoms with E-state index in [1.165, 1.54) is 6.07 Å². The molecule has 6 heteroatoms. The topological polar surface area (TPSA) is 30.4 Å². The van der Waals surface area contributed by atoms with E-state index >= 15 is 0 Å². The Morgan fingerprint density at radius 3 is 2.50 bits per heavy atom.